The first-order chi connectivity index (χ1) is 16.7. The number of aromatic nitrogens is 2. The number of methoxy groups -OCH3 is 1. The van der Waals surface area contributed by atoms with E-state index in [0.717, 1.165) is 23.3 Å². The van der Waals surface area contributed by atoms with Gasteiger partial charge >= 0.3 is 12.1 Å². The largest absolute Gasteiger partial charge is 0.497 e. The van der Waals surface area contributed by atoms with Gasteiger partial charge in [0.15, 0.2) is 5.69 Å². The molecule has 2 aromatic carbocycles. The Balaban J connectivity index is 2.20. The number of carbonyl (C=O) groups excluding carboxylic acids is 1. The minimum atomic E-state index is -4.85. The molecule has 0 aliphatic carbocycles. The van der Waals surface area contributed by atoms with E-state index >= 15 is 0 Å². The van der Waals surface area contributed by atoms with Crippen LogP contribution in [0.1, 0.15) is 31.0 Å². The maximum atomic E-state index is 14.0. The number of rotatable bonds is 9. The second-order valence-corrected chi connectivity index (χ2v) is 7.38. The lowest BCUT2D eigenvalue weighted by Crippen LogP contribution is -2.09. The van der Waals surface area contributed by atoms with Gasteiger partial charge in [0.2, 0.25) is 0 Å². The molecular formula is C24H22F3N3O5. The molecule has 184 valence electrons. The van der Waals surface area contributed by atoms with Crippen molar-refractivity contribution in [3.05, 3.63) is 76.0 Å². The molecule has 0 bridgehead atoms. The van der Waals surface area contributed by atoms with Crippen molar-refractivity contribution >= 4 is 17.7 Å². The van der Waals surface area contributed by atoms with E-state index in [1.54, 1.807) is 24.3 Å². The molecule has 3 rings (SSSR count). The topological polar surface area (TPSA) is 96.5 Å². The second kappa shape index (κ2) is 10.9. The minimum Gasteiger partial charge on any atom is -0.497 e. The molecule has 1 heterocycles. The molecule has 0 unspecified atom stereocenters. The van der Waals surface area contributed by atoms with Crippen LogP contribution < -0.4 is 4.74 Å². The summed E-state index contributed by atoms with van der Waals surface area (Å²) < 4.78 is 53.2. The SMILES string of the molecule is CCCCOC(=O)/C=C/c1c(C(F)(F)F)nn(-c2ccc([N+](=O)[O-])cc2)c1-c1ccc(OC)cc1. The summed E-state index contributed by atoms with van der Waals surface area (Å²) >= 11 is 0. The van der Waals surface area contributed by atoms with Crippen LogP contribution in [0.2, 0.25) is 0 Å². The summed E-state index contributed by atoms with van der Waals surface area (Å²) in [6.07, 6.45) is -1.49. The smallest absolute Gasteiger partial charge is 0.435 e. The van der Waals surface area contributed by atoms with Gasteiger partial charge < -0.3 is 9.47 Å². The van der Waals surface area contributed by atoms with Gasteiger partial charge in [-0.1, -0.05) is 13.3 Å². The van der Waals surface area contributed by atoms with E-state index < -0.39 is 22.8 Å². The molecule has 1 aromatic heterocycles. The molecule has 0 N–H and O–H groups in total. The predicted molar refractivity (Wildman–Crippen MR) is 122 cm³/mol. The molecule has 0 saturated heterocycles. The van der Waals surface area contributed by atoms with Crippen LogP contribution in [0, 0.1) is 10.1 Å². The van der Waals surface area contributed by atoms with Gasteiger partial charge in [0.05, 0.1) is 30.0 Å². The van der Waals surface area contributed by atoms with Crippen LogP contribution in [-0.4, -0.2) is 34.4 Å². The number of nitrogens with zero attached hydrogens (tertiary/aromatic N) is 3. The molecule has 0 fully saturated rings. The average molecular weight is 489 g/mol. The molecule has 3 aromatic rings. The number of esters is 1. The van der Waals surface area contributed by atoms with E-state index in [1.807, 2.05) is 6.92 Å². The molecular weight excluding hydrogens is 467 g/mol. The summed E-state index contributed by atoms with van der Waals surface area (Å²) in [7, 11) is 1.45. The summed E-state index contributed by atoms with van der Waals surface area (Å²) in [6, 6.07) is 11.2. The predicted octanol–water partition coefficient (Wildman–Crippen LogP) is 5.83. The van der Waals surface area contributed by atoms with Crippen LogP contribution in [0.15, 0.2) is 54.6 Å². The Morgan fingerprint density at radius 3 is 2.34 bits per heavy atom. The van der Waals surface area contributed by atoms with Gasteiger partial charge in [0, 0.05) is 29.3 Å². The quantitative estimate of drug-likeness (QED) is 0.123. The fraction of sp³-hybridized carbons (Fsp3) is 0.250. The van der Waals surface area contributed by atoms with Gasteiger partial charge in [0.1, 0.15) is 5.75 Å². The van der Waals surface area contributed by atoms with E-state index in [1.165, 1.54) is 31.4 Å². The van der Waals surface area contributed by atoms with Gasteiger partial charge in [-0.2, -0.15) is 18.3 Å². The number of alkyl halides is 3. The number of nitro benzene ring substituents is 1. The van der Waals surface area contributed by atoms with E-state index in [2.05, 4.69) is 5.10 Å². The molecule has 0 aliphatic rings. The first kappa shape index (κ1) is 25.5. The van der Waals surface area contributed by atoms with E-state index in [0.29, 0.717) is 17.7 Å². The van der Waals surface area contributed by atoms with Gasteiger partial charge in [-0.15, -0.1) is 0 Å². The first-order valence-electron chi connectivity index (χ1n) is 10.6. The van der Waals surface area contributed by atoms with Gasteiger partial charge in [-0.3, -0.25) is 10.1 Å². The molecule has 0 saturated carbocycles. The van der Waals surface area contributed by atoms with Crippen molar-refractivity contribution in [2.45, 2.75) is 25.9 Å². The zero-order valence-corrected chi connectivity index (χ0v) is 18.9. The van der Waals surface area contributed by atoms with Gasteiger partial charge in [-0.25, -0.2) is 9.48 Å². The lowest BCUT2D eigenvalue weighted by Gasteiger charge is -2.10. The maximum Gasteiger partial charge on any atom is 0.435 e. The number of unbranched alkanes of at least 4 members (excludes halogenated alkanes) is 1. The number of benzene rings is 2. The summed E-state index contributed by atoms with van der Waals surface area (Å²) in [6.45, 7) is 2.06. The molecule has 8 nitrogen and oxygen atoms in total. The monoisotopic (exact) mass is 489 g/mol. The van der Waals surface area contributed by atoms with Crippen molar-refractivity contribution in [1.82, 2.24) is 9.78 Å². The Morgan fingerprint density at radius 1 is 1.14 bits per heavy atom. The standard InChI is InChI=1S/C24H22F3N3O5/c1-3-4-15-35-21(31)14-13-20-22(16-5-11-19(34-2)12-6-16)29(28-23(20)24(25,26)27)17-7-9-18(10-8-17)30(32)33/h5-14H,3-4,15H2,1-2H3/b14-13+. The highest BCUT2D eigenvalue weighted by Gasteiger charge is 2.39. The maximum absolute atomic E-state index is 14.0. The van der Waals surface area contributed by atoms with Crippen LogP contribution in [0.25, 0.3) is 23.0 Å². The number of ether oxygens (including phenoxy) is 2. The lowest BCUT2D eigenvalue weighted by molar-refractivity contribution is -0.384. The third-order valence-corrected chi connectivity index (χ3v) is 4.99. The van der Waals surface area contributed by atoms with Crippen LogP contribution in [0.3, 0.4) is 0 Å². The molecule has 0 spiro atoms. The van der Waals surface area contributed by atoms with Crippen LogP contribution >= 0.6 is 0 Å². The summed E-state index contributed by atoms with van der Waals surface area (Å²) in [4.78, 5) is 22.4. The average Bonchev–Trinajstić information content (AvgIpc) is 3.23. The lowest BCUT2D eigenvalue weighted by atomic mass is 10.0. The number of carbonyl (C=O) groups is 1. The van der Waals surface area contributed by atoms with Gasteiger partial charge in [-0.05, 0) is 48.9 Å². The summed E-state index contributed by atoms with van der Waals surface area (Å²) in [5.41, 5.74) is -1.25. The highest BCUT2D eigenvalue weighted by Crippen LogP contribution is 2.39. The fourth-order valence-electron chi connectivity index (χ4n) is 3.24. The van der Waals surface area contributed by atoms with Crippen molar-refractivity contribution in [3.63, 3.8) is 0 Å². The first-order valence-corrected chi connectivity index (χ1v) is 10.6. The minimum absolute atomic E-state index is 0.0337. The number of non-ortho nitro benzene ring substituents is 1. The van der Waals surface area contributed by atoms with Crippen molar-refractivity contribution in [3.8, 4) is 22.7 Å². The number of nitro groups is 1. The van der Waals surface area contributed by atoms with Crippen molar-refractivity contribution < 1.29 is 32.4 Å². The number of hydrogen-bond acceptors (Lipinski definition) is 6. The fourth-order valence-corrected chi connectivity index (χ4v) is 3.24. The van der Waals surface area contributed by atoms with E-state index in [-0.39, 0.29) is 29.2 Å². The molecule has 0 aliphatic heterocycles. The normalized spacial score (nSPS) is 11.6. The zero-order chi connectivity index (χ0) is 25.6. The molecule has 0 atom stereocenters. The third-order valence-electron chi connectivity index (χ3n) is 4.99. The summed E-state index contributed by atoms with van der Waals surface area (Å²) in [5, 5.41) is 14.8. The van der Waals surface area contributed by atoms with Crippen LogP contribution in [0.5, 0.6) is 5.75 Å². The van der Waals surface area contributed by atoms with Crippen molar-refractivity contribution in [2.75, 3.05) is 13.7 Å². The number of halogens is 3. The van der Waals surface area contributed by atoms with Crippen molar-refractivity contribution in [1.29, 1.82) is 0 Å². The Hall–Kier alpha value is -4.15. The molecule has 35 heavy (non-hydrogen) atoms. The molecule has 0 amide bonds. The molecule has 0 radical (unpaired) electrons. The van der Waals surface area contributed by atoms with Crippen LogP contribution in [-0.2, 0) is 15.7 Å². The highest BCUT2D eigenvalue weighted by atomic mass is 19.4. The van der Waals surface area contributed by atoms with E-state index in [4.69, 9.17) is 9.47 Å². The van der Waals surface area contributed by atoms with E-state index in [9.17, 15) is 28.1 Å². The van der Waals surface area contributed by atoms with Gasteiger partial charge in [0.25, 0.3) is 5.69 Å². The molecule has 11 heteroatoms. The summed E-state index contributed by atoms with van der Waals surface area (Å²) in [5.74, 6) is -0.293. The Labute approximate surface area is 198 Å². The Bertz CT molecular complexity index is 1220. The Morgan fingerprint density at radius 2 is 1.80 bits per heavy atom. The highest BCUT2D eigenvalue weighted by molar-refractivity contribution is 5.89. The Kier molecular flexibility index (Phi) is 7.90. The second-order valence-electron chi connectivity index (χ2n) is 7.38. The zero-order valence-electron chi connectivity index (χ0n) is 18.9. The number of hydrogen-bond donors (Lipinski definition) is 0. The third kappa shape index (κ3) is 6.05. The van der Waals surface area contributed by atoms with Crippen molar-refractivity contribution in [2.24, 2.45) is 0 Å². The van der Waals surface area contributed by atoms with Crippen LogP contribution in [0.4, 0.5) is 18.9 Å².